The predicted molar refractivity (Wildman–Crippen MR) is 107 cm³/mol. The molecule has 0 N–H and O–H groups in total. The van der Waals surface area contributed by atoms with Crippen molar-refractivity contribution >= 4 is 45.6 Å². The second kappa shape index (κ2) is 7.05. The normalized spacial score (nSPS) is 14.7. The third kappa shape index (κ3) is 3.06. The molecular formula is C19H17ClN4OS. The first-order valence-corrected chi connectivity index (χ1v) is 9.57. The molecule has 1 aliphatic heterocycles. The van der Waals surface area contributed by atoms with E-state index < -0.39 is 0 Å². The van der Waals surface area contributed by atoms with Gasteiger partial charge in [0.2, 0.25) is 5.91 Å². The maximum absolute atomic E-state index is 11.8. The summed E-state index contributed by atoms with van der Waals surface area (Å²) in [5.74, 6) is 0.834. The summed E-state index contributed by atoms with van der Waals surface area (Å²) in [5, 5.41) is 3.66. The molecule has 0 saturated carbocycles. The lowest BCUT2D eigenvalue weighted by molar-refractivity contribution is -0.126. The fraction of sp³-hybridized carbons (Fsp3) is 0.211. The Bertz CT molecular complexity index is 965. The highest BCUT2D eigenvalue weighted by molar-refractivity contribution is 7.13. The molecule has 0 atom stereocenters. The van der Waals surface area contributed by atoms with Gasteiger partial charge in [0.05, 0.1) is 10.5 Å². The summed E-state index contributed by atoms with van der Waals surface area (Å²) in [7, 11) is 0. The van der Waals surface area contributed by atoms with Crippen molar-refractivity contribution in [2.45, 2.75) is 0 Å². The number of benzene rings is 1. The number of carbonyl (C=O) groups excluding carboxylic acids is 1. The van der Waals surface area contributed by atoms with Crippen LogP contribution in [0.3, 0.4) is 0 Å². The van der Waals surface area contributed by atoms with E-state index in [0.29, 0.717) is 18.1 Å². The molecule has 0 unspecified atom stereocenters. The molecule has 1 aromatic carbocycles. The molecule has 0 spiro atoms. The van der Waals surface area contributed by atoms with Crippen LogP contribution in [0.2, 0.25) is 5.02 Å². The molecule has 1 amide bonds. The zero-order valence-corrected chi connectivity index (χ0v) is 15.6. The van der Waals surface area contributed by atoms with Gasteiger partial charge in [-0.1, -0.05) is 24.2 Å². The van der Waals surface area contributed by atoms with Crippen LogP contribution < -0.4 is 4.90 Å². The first-order valence-electron chi connectivity index (χ1n) is 8.32. The van der Waals surface area contributed by atoms with Gasteiger partial charge in [-0.05, 0) is 29.7 Å². The number of halogens is 1. The summed E-state index contributed by atoms with van der Waals surface area (Å²) < 4.78 is 0. The van der Waals surface area contributed by atoms with Gasteiger partial charge in [-0.15, -0.1) is 11.3 Å². The van der Waals surface area contributed by atoms with Crippen LogP contribution in [0.5, 0.6) is 0 Å². The van der Waals surface area contributed by atoms with E-state index in [-0.39, 0.29) is 5.91 Å². The number of nitrogens with zero attached hydrogens (tertiary/aromatic N) is 4. The number of rotatable bonds is 3. The smallest absolute Gasteiger partial charge is 0.246 e. The Labute approximate surface area is 160 Å². The second-order valence-corrected chi connectivity index (χ2v) is 7.40. The zero-order chi connectivity index (χ0) is 18.1. The molecular weight excluding hydrogens is 368 g/mol. The molecule has 1 fully saturated rings. The average molecular weight is 385 g/mol. The minimum atomic E-state index is -0.0270. The topological polar surface area (TPSA) is 49.3 Å². The van der Waals surface area contributed by atoms with Gasteiger partial charge in [0, 0.05) is 42.0 Å². The molecule has 0 radical (unpaired) electrons. The summed E-state index contributed by atoms with van der Waals surface area (Å²) in [4.78, 5) is 25.8. The Morgan fingerprint density at radius 2 is 2.04 bits per heavy atom. The largest absolute Gasteiger partial charge is 0.352 e. The first-order chi connectivity index (χ1) is 12.7. The Morgan fingerprint density at radius 1 is 1.23 bits per heavy atom. The number of carbonyl (C=O) groups is 1. The van der Waals surface area contributed by atoms with Gasteiger partial charge >= 0.3 is 0 Å². The number of aromatic nitrogens is 2. The number of piperazine rings is 1. The van der Waals surface area contributed by atoms with Crippen molar-refractivity contribution in [3.05, 3.63) is 53.7 Å². The van der Waals surface area contributed by atoms with Crippen molar-refractivity contribution in [2.24, 2.45) is 0 Å². The van der Waals surface area contributed by atoms with E-state index in [4.69, 9.17) is 11.6 Å². The van der Waals surface area contributed by atoms with Crippen molar-refractivity contribution in [3.8, 4) is 10.4 Å². The quantitative estimate of drug-likeness (QED) is 0.643. The van der Waals surface area contributed by atoms with Crippen molar-refractivity contribution in [2.75, 3.05) is 31.1 Å². The van der Waals surface area contributed by atoms with E-state index in [1.807, 2.05) is 23.6 Å². The maximum atomic E-state index is 11.8. The van der Waals surface area contributed by atoms with Crippen LogP contribution in [0.25, 0.3) is 21.3 Å². The Kier molecular flexibility index (Phi) is 4.61. The molecule has 0 aliphatic carbocycles. The van der Waals surface area contributed by atoms with Crippen molar-refractivity contribution in [3.63, 3.8) is 0 Å². The molecule has 3 heterocycles. The Balaban J connectivity index is 1.68. The Hall–Kier alpha value is -2.44. The van der Waals surface area contributed by atoms with Gasteiger partial charge in [-0.25, -0.2) is 9.97 Å². The van der Waals surface area contributed by atoms with Crippen molar-refractivity contribution in [1.29, 1.82) is 0 Å². The van der Waals surface area contributed by atoms with Crippen molar-refractivity contribution < 1.29 is 4.79 Å². The zero-order valence-electron chi connectivity index (χ0n) is 14.1. The van der Waals surface area contributed by atoms with E-state index in [9.17, 15) is 4.79 Å². The number of fused-ring (bicyclic) bond motifs is 1. The number of hydrogen-bond acceptors (Lipinski definition) is 5. The molecule has 132 valence electrons. The van der Waals surface area contributed by atoms with Gasteiger partial charge in [-0.2, -0.15) is 0 Å². The lowest BCUT2D eigenvalue weighted by atomic mass is 10.1. The molecule has 2 aromatic heterocycles. The van der Waals surface area contributed by atoms with Gasteiger partial charge in [0.25, 0.3) is 0 Å². The van der Waals surface area contributed by atoms with E-state index in [1.54, 1.807) is 22.6 Å². The van der Waals surface area contributed by atoms with Gasteiger partial charge in [-0.3, -0.25) is 4.79 Å². The predicted octanol–water partition coefficient (Wildman–Crippen LogP) is 3.85. The SMILES string of the molecule is C=CC(=O)N1CCN(c2ncnc3cc(-c4cccs4)c(Cl)cc23)CC1. The third-order valence-corrected chi connectivity index (χ3v) is 5.77. The van der Waals surface area contributed by atoms with E-state index in [2.05, 4.69) is 27.5 Å². The molecule has 4 rings (SSSR count). The standard InChI is InChI=1S/C19H17ClN4OS/c1-2-18(25)23-5-7-24(8-6-23)19-14-10-15(20)13(17-4-3-9-26-17)11-16(14)21-12-22-19/h2-4,9-12H,1,5-8H2. The lowest BCUT2D eigenvalue weighted by Crippen LogP contribution is -2.48. The first kappa shape index (κ1) is 17.0. The maximum Gasteiger partial charge on any atom is 0.246 e. The molecule has 0 bridgehead atoms. The van der Waals surface area contributed by atoms with Gasteiger partial charge in [0.1, 0.15) is 12.1 Å². The summed E-state index contributed by atoms with van der Waals surface area (Å²) in [6.07, 6.45) is 2.95. The summed E-state index contributed by atoms with van der Waals surface area (Å²) >= 11 is 8.21. The van der Waals surface area contributed by atoms with Gasteiger partial charge < -0.3 is 9.80 Å². The molecule has 5 nitrogen and oxygen atoms in total. The van der Waals surface area contributed by atoms with Crippen LogP contribution in [0.4, 0.5) is 5.82 Å². The van der Waals surface area contributed by atoms with Gasteiger partial charge in [0.15, 0.2) is 0 Å². The third-order valence-electron chi connectivity index (χ3n) is 4.56. The van der Waals surface area contributed by atoms with Crippen LogP contribution in [0, 0.1) is 0 Å². The second-order valence-electron chi connectivity index (χ2n) is 6.04. The van der Waals surface area contributed by atoms with Crippen molar-refractivity contribution in [1.82, 2.24) is 14.9 Å². The lowest BCUT2D eigenvalue weighted by Gasteiger charge is -2.35. The van der Waals surface area contributed by atoms with E-state index >= 15 is 0 Å². The van der Waals surface area contributed by atoms with Crippen LogP contribution in [-0.2, 0) is 4.79 Å². The average Bonchev–Trinajstić information content (AvgIpc) is 3.21. The van der Waals surface area contributed by atoms with E-state index in [0.717, 1.165) is 40.3 Å². The number of anilines is 1. The number of hydrogen-bond donors (Lipinski definition) is 0. The summed E-state index contributed by atoms with van der Waals surface area (Å²) in [6, 6.07) is 8.03. The minimum absolute atomic E-state index is 0.0270. The fourth-order valence-corrected chi connectivity index (χ4v) is 4.28. The number of amides is 1. The number of thiophene rings is 1. The molecule has 26 heavy (non-hydrogen) atoms. The molecule has 7 heteroatoms. The summed E-state index contributed by atoms with van der Waals surface area (Å²) in [6.45, 7) is 6.29. The molecule has 1 saturated heterocycles. The van der Waals surface area contributed by atoms with E-state index in [1.165, 1.54) is 6.08 Å². The van der Waals surface area contributed by atoms with Crippen LogP contribution >= 0.6 is 22.9 Å². The molecule has 1 aliphatic rings. The van der Waals surface area contributed by atoms with Crippen LogP contribution in [-0.4, -0.2) is 47.0 Å². The van der Waals surface area contributed by atoms with Crippen LogP contribution in [0.15, 0.2) is 48.6 Å². The highest BCUT2D eigenvalue weighted by Crippen LogP contribution is 2.36. The fourth-order valence-electron chi connectivity index (χ4n) is 3.20. The highest BCUT2D eigenvalue weighted by atomic mass is 35.5. The van der Waals surface area contributed by atoms with Crippen LogP contribution in [0.1, 0.15) is 0 Å². The summed E-state index contributed by atoms with van der Waals surface area (Å²) in [5.41, 5.74) is 1.85. The Morgan fingerprint density at radius 3 is 2.73 bits per heavy atom. The highest BCUT2D eigenvalue weighted by Gasteiger charge is 2.22. The minimum Gasteiger partial charge on any atom is -0.352 e. The monoisotopic (exact) mass is 384 g/mol. The molecule has 3 aromatic rings.